The molecule has 3 aromatic rings. The molecule has 3 rings (SSSR count). The van der Waals surface area contributed by atoms with Gasteiger partial charge in [0.1, 0.15) is 11.4 Å². The van der Waals surface area contributed by atoms with Gasteiger partial charge in [0, 0.05) is 5.56 Å². The third kappa shape index (κ3) is 3.12. The Hall–Kier alpha value is -3.46. The van der Waals surface area contributed by atoms with Gasteiger partial charge in [0.25, 0.3) is 0 Å². The van der Waals surface area contributed by atoms with Gasteiger partial charge >= 0.3 is 5.97 Å². The number of nitriles is 1. The van der Waals surface area contributed by atoms with Crippen LogP contribution in [0.5, 0.6) is 0 Å². The van der Waals surface area contributed by atoms with Crippen LogP contribution in [-0.2, 0) is 4.74 Å². The van der Waals surface area contributed by atoms with Crippen LogP contribution >= 0.6 is 0 Å². The van der Waals surface area contributed by atoms with Crippen molar-refractivity contribution >= 4 is 5.97 Å². The van der Waals surface area contributed by atoms with Gasteiger partial charge in [0.2, 0.25) is 0 Å². The summed E-state index contributed by atoms with van der Waals surface area (Å²) in [6.07, 6.45) is 1.36. The molecule has 0 bridgehead atoms. The summed E-state index contributed by atoms with van der Waals surface area (Å²) < 4.78 is 20.9. The first kappa shape index (κ1) is 16.4. The molecule has 0 fully saturated rings. The average Bonchev–Trinajstić information content (AvgIpc) is 3.07. The van der Waals surface area contributed by atoms with E-state index in [2.05, 4.69) is 5.10 Å². The predicted molar refractivity (Wildman–Crippen MR) is 89.6 cm³/mol. The van der Waals surface area contributed by atoms with Gasteiger partial charge in [0.15, 0.2) is 0 Å². The molecule has 0 N–H and O–H groups in total. The molecule has 124 valence electrons. The minimum absolute atomic E-state index is 0.177. The Labute approximate surface area is 143 Å². The van der Waals surface area contributed by atoms with Gasteiger partial charge < -0.3 is 4.74 Å². The quantitative estimate of drug-likeness (QED) is 0.681. The standard InChI is InChI=1S/C19H14FN3O2/c1-2-25-19(24)16-12-22-23(14-9-7-13(11-21)8-10-14)18(16)15-5-3-4-6-17(15)20/h3-10,12H,2H2,1H3. The van der Waals surface area contributed by atoms with Crippen LogP contribution in [0.2, 0.25) is 0 Å². The highest BCUT2D eigenvalue weighted by atomic mass is 19.1. The van der Waals surface area contributed by atoms with Crippen LogP contribution in [0.4, 0.5) is 4.39 Å². The first-order valence-corrected chi connectivity index (χ1v) is 7.66. The maximum atomic E-state index is 14.4. The molecule has 0 saturated carbocycles. The lowest BCUT2D eigenvalue weighted by Gasteiger charge is -2.11. The van der Waals surface area contributed by atoms with Crippen molar-refractivity contribution in [1.29, 1.82) is 5.26 Å². The van der Waals surface area contributed by atoms with Crippen molar-refractivity contribution in [2.45, 2.75) is 6.92 Å². The molecule has 2 aromatic carbocycles. The van der Waals surface area contributed by atoms with Gasteiger partial charge in [-0.2, -0.15) is 10.4 Å². The summed E-state index contributed by atoms with van der Waals surface area (Å²) in [5.74, 6) is -1.04. The third-order valence-corrected chi connectivity index (χ3v) is 3.63. The highest BCUT2D eigenvalue weighted by molar-refractivity contribution is 5.96. The fourth-order valence-corrected chi connectivity index (χ4v) is 2.49. The molecule has 1 heterocycles. The minimum atomic E-state index is -0.569. The monoisotopic (exact) mass is 335 g/mol. The Morgan fingerprint density at radius 1 is 1.24 bits per heavy atom. The van der Waals surface area contributed by atoms with E-state index in [1.165, 1.54) is 16.9 Å². The number of aromatic nitrogens is 2. The summed E-state index contributed by atoms with van der Waals surface area (Å²) in [4.78, 5) is 12.3. The molecule has 0 aliphatic heterocycles. The van der Waals surface area contributed by atoms with E-state index in [1.54, 1.807) is 49.4 Å². The minimum Gasteiger partial charge on any atom is -0.462 e. The SMILES string of the molecule is CCOC(=O)c1cnn(-c2ccc(C#N)cc2)c1-c1ccccc1F. The summed E-state index contributed by atoms with van der Waals surface area (Å²) in [6.45, 7) is 1.91. The molecule has 0 spiro atoms. The molecule has 0 unspecified atom stereocenters. The lowest BCUT2D eigenvalue weighted by Crippen LogP contribution is -2.07. The zero-order valence-corrected chi connectivity index (χ0v) is 13.4. The Morgan fingerprint density at radius 3 is 2.60 bits per heavy atom. The second kappa shape index (κ2) is 6.97. The van der Waals surface area contributed by atoms with Gasteiger partial charge in [-0.1, -0.05) is 12.1 Å². The topological polar surface area (TPSA) is 67.9 Å². The molecule has 0 aliphatic carbocycles. The summed E-state index contributed by atoms with van der Waals surface area (Å²) >= 11 is 0. The van der Waals surface area contributed by atoms with Crippen molar-refractivity contribution in [2.75, 3.05) is 6.61 Å². The Kier molecular flexibility index (Phi) is 4.57. The fraction of sp³-hybridized carbons (Fsp3) is 0.105. The first-order chi connectivity index (χ1) is 12.2. The summed E-state index contributed by atoms with van der Waals surface area (Å²) in [6, 6.07) is 14.8. The fourth-order valence-electron chi connectivity index (χ4n) is 2.49. The molecule has 0 amide bonds. The van der Waals surface area contributed by atoms with E-state index in [0.29, 0.717) is 16.9 Å². The zero-order valence-electron chi connectivity index (χ0n) is 13.4. The lowest BCUT2D eigenvalue weighted by atomic mass is 10.1. The smallest absolute Gasteiger partial charge is 0.342 e. The number of halogens is 1. The Bertz CT molecular complexity index is 956. The largest absolute Gasteiger partial charge is 0.462 e. The molecule has 25 heavy (non-hydrogen) atoms. The maximum Gasteiger partial charge on any atom is 0.342 e. The third-order valence-electron chi connectivity index (χ3n) is 3.63. The number of benzene rings is 2. The highest BCUT2D eigenvalue weighted by Crippen LogP contribution is 2.29. The van der Waals surface area contributed by atoms with E-state index in [-0.39, 0.29) is 17.7 Å². The van der Waals surface area contributed by atoms with Crippen LogP contribution in [0.25, 0.3) is 16.9 Å². The summed E-state index contributed by atoms with van der Waals surface area (Å²) in [5, 5.41) is 13.1. The van der Waals surface area contributed by atoms with Crippen LogP contribution in [0, 0.1) is 17.1 Å². The van der Waals surface area contributed by atoms with E-state index in [0.717, 1.165) is 0 Å². The number of hydrogen-bond acceptors (Lipinski definition) is 4. The molecular weight excluding hydrogens is 321 g/mol. The number of carbonyl (C=O) groups excluding carboxylic acids is 1. The number of rotatable bonds is 4. The van der Waals surface area contributed by atoms with E-state index < -0.39 is 11.8 Å². The van der Waals surface area contributed by atoms with E-state index in [1.807, 2.05) is 6.07 Å². The highest BCUT2D eigenvalue weighted by Gasteiger charge is 2.23. The normalized spacial score (nSPS) is 10.3. The Balaban J connectivity index is 2.21. The molecule has 0 aliphatic rings. The van der Waals surface area contributed by atoms with Crippen molar-refractivity contribution in [3.8, 4) is 23.0 Å². The molecule has 5 nitrogen and oxygen atoms in total. The molecular formula is C19H14FN3O2. The predicted octanol–water partition coefficient (Wildman–Crippen LogP) is 3.73. The van der Waals surface area contributed by atoms with Gasteiger partial charge in [-0.3, -0.25) is 0 Å². The molecule has 1 aromatic heterocycles. The van der Waals surface area contributed by atoms with E-state index in [4.69, 9.17) is 10.00 Å². The average molecular weight is 335 g/mol. The Morgan fingerprint density at radius 2 is 1.96 bits per heavy atom. The second-order valence-electron chi connectivity index (χ2n) is 5.18. The van der Waals surface area contributed by atoms with Crippen LogP contribution in [0.15, 0.2) is 54.7 Å². The van der Waals surface area contributed by atoms with E-state index >= 15 is 0 Å². The number of carbonyl (C=O) groups is 1. The molecule has 0 atom stereocenters. The number of nitrogens with zero attached hydrogens (tertiary/aromatic N) is 3. The zero-order chi connectivity index (χ0) is 17.8. The van der Waals surface area contributed by atoms with Crippen molar-refractivity contribution in [1.82, 2.24) is 9.78 Å². The second-order valence-corrected chi connectivity index (χ2v) is 5.18. The number of ether oxygens (including phenoxy) is 1. The van der Waals surface area contributed by atoms with Gasteiger partial charge in [-0.25, -0.2) is 13.9 Å². The summed E-state index contributed by atoms with van der Waals surface area (Å²) in [7, 11) is 0. The van der Waals surface area contributed by atoms with E-state index in [9.17, 15) is 9.18 Å². The first-order valence-electron chi connectivity index (χ1n) is 7.66. The van der Waals surface area contributed by atoms with Crippen molar-refractivity contribution in [2.24, 2.45) is 0 Å². The molecule has 0 radical (unpaired) electrons. The lowest BCUT2D eigenvalue weighted by molar-refractivity contribution is 0.0527. The molecule has 0 saturated heterocycles. The van der Waals surface area contributed by atoms with Crippen LogP contribution in [0.3, 0.4) is 0 Å². The number of hydrogen-bond donors (Lipinski definition) is 0. The van der Waals surface area contributed by atoms with Crippen molar-refractivity contribution < 1.29 is 13.9 Å². The van der Waals surface area contributed by atoms with Gasteiger partial charge in [-0.05, 0) is 43.3 Å². The summed E-state index contributed by atoms with van der Waals surface area (Å²) in [5.41, 5.74) is 1.83. The van der Waals surface area contributed by atoms with Crippen molar-refractivity contribution in [3.05, 3.63) is 71.7 Å². The van der Waals surface area contributed by atoms with Gasteiger partial charge in [-0.15, -0.1) is 0 Å². The maximum absolute atomic E-state index is 14.4. The molecule has 6 heteroatoms. The van der Waals surface area contributed by atoms with Crippen molar-refractivity contribution in [3.63, 3.8) is 0 Å². The number of esters is 1. The van der Waals surface area contributed by atoms with Crippen LogP contribution in [0.1, 0.15) is 22.8 Å². The van der Waals surface area contributed by atoms with Gasteiger partial charge in [0.05, 0.1) is 35.8 Å². The van der Waals surface area contributed by atoms with Crippen LogP contribution < -0.4 is 0 Å². The van der Waals surface area contributed by atoms with Crippen LogP contribution in [-0.4, -0.2) is 22.4 Å².